The molecule has 1 aromatic carbocycles. The number of halogens is 4. The Hall–Kier alpha value is -2.21. The molecule has 0 saturated carbocycles. The number of hydrogen-bond acceptors (Lipinski definition) is 7. The third-order valence-corrected chi connectivity index (χ3v) is 7.68. The van der Waals surface area contributed by atoms with Crippen molar-refractivity contribution in [3.05, 3.63) is 53.3 Å². The molecule has 0 amide bonds. The number of pyridine rings is 1. The van der Waals surface area contributed by atoms with Crippen molar-refractivity contribution in [1.29, 1.82) is 0 Å². The summed E-state index contributed by atoms with van der Waals surface area (Å²) in [5.41, 5.74) is 2.15. The highest BCUT2D eigenvalue weighted by molar-refractivity contribution is 7.93. The lowest BCUT2D eigenvalue weighted by Gasteiger charge is -2.27. The van der Waals surface area contributed by atoms with Crippen LogP contribution in [0.25, 0.3) is 10.6 Å². The Labute approximate surface area is 172 Å². The SMILES string of the molecule is C[C@](O)(c1ccc(-c2ncc(S(=O)(=O)c3ccc(N)nc3)s2)c(Cl)c1)C(F)(F)F. The van der Waals surface area contributed by atoms with Crippen molar-refractivity contribution in [2.75, 3.05) is 5.73 Å². The maximum Gasteiger partial charge on any atom is 0.421 e. The van der Waals surface area contributed by atoms with Gasteiger partial charge in [-0.25, -0.2) is 18.4 Å². The smallest absolute Gasteiger partial charge is 0.384 e. The van der Waals surface area contributed by atoms with Crippen LogP contribution in [0.1, 0.15) is 12.5 Å². The van der Waals surface area contributed by atoms with Gasteiger partial charge in [-0.3, -0.25) is 0 Å². The molecule has 0 bridgehead atoms. The Morgan fingerprint density at radius 1 is 1.14 bits per heavy atom. The number of rotatable bonds is 4. The molecule has 0 spiro atoms. The number of benzene rings is 1. The summed E-state index contributed by atoms with van der Waals surface area (Å²) >= 11 is 6.89. The van der Waals surface area contributed by atoms with Crippen LogP contribution in [0.4, 0.5) is 19.0 Å². The maximum absolute atomic E-state index is 13.0. The number of anilines is 1. The molecule has 12 heteroatoms. The summed E-state index contributed by atoms with van der Waals surface area (Å²) in [6.45, 7) is 0.618. The first kappa shape index (κ1) is 21.5. The van der Waals surface area contributed by atoms with Gasteiger partial charge in [0.1, 0.15) is 15.0 Å². The molecular formula is C17H13ClF3N3O3S2. The summed E-state index contributed by atoms with van der Waals surface area (Å²) < 4.78 is 64.3. The number of aromatic nitrogens is 2. The molecule has 0 unspecified atom stereocenters. The Kier molecular flexibility index (Phi) is 5.37. The highest BCUT2D eigenvalue weighted by Gasteiger charge is 2.51. The number of thiazole rings is 1. The van der Waals surface area contributed by atoms with Crippen molar-refractivity contribution >= 4 is 38.6 Å². The first-order valence-electron chi connectivity index (χ1n) is 7.86. The van der Waals surface area contributed by atoms with Crippen LogP contribution in [0.2, 0.25) is 5.02 Å². The number of sulfone groups is 1. The van der Waals surface area contributed by atoms with E-state index in [1.165, 1.54) is 18.2 Å². The zero-order valence-corrected chi connectivity index (χ0v) is 17.0. The van der Waals surface area contributed by atoms with Gasteiger partial charge in [-0.1, -0.05) is 23.7 Å². The zero-order valence-electron chi connectivity index (χ0n) is 14.6. The summed E-state index contributed by atoms with van der Waals surface area (Å²) in [5, 5.41) is 9.85. The molecule has 6 nitrogen and oxygen atoms in total. The molecule has 2 heterocycles. The Morgan fingerprint density at radius 2 is 1.83 bits per heavy atom. The molecule has 154 valence electrons. The zero-order chi connectivity index (χ0) is 21.6. The summed E-state index contributed by atoms with van der Waals surface area (Å²) in [6, 6.07) is 5.94. The fourth-order valence-electron chi connectivity index (χ4n) is 2.33. The molecule has 0 aliphatic rings. The van der Waals surface area contributed by atoms with Gasteiger partial charge >= 0.3 is 6.18 Å². The number of nitrogen functional groups attached to an aromatic ring is 1. The molecule has 3 N–H and O–H groups in total. The summed E-state index contributed by atoms with van der Waals surface area (Å²) in [4.78, 5) is 7.69. The second-order valence-electron chi connectivity index (χ2n) is 6.17. The molecule has 0 aliphatic heterocycles. The lowest BCUT2D eigenvalue weighted by molar-refractivity contribution is -0.258. The van der Waals surface area contributed by atoms with E-state index in [1.807, 2.05) is 0 Å². The highest BCUT2D eigenvalue weighted by atomic mass is 35.5. The predicted octanol–water partition coefficient (Wildman–Crippen LogP) is 4.04. The second-order valence-corrected chi connectivity index (χ2v) is 9.79. The van der Waals surface area contributed by atoms with Crippen LogP contribution in [0.5, 0.6) is 0 Å². The van der Waals surface area contributed by atoms with Crippen molar-refractivity contribution < 1.29 is 26.7 Å². The van der Waals surface area contributed by atoms with E-state index >= 15 is 0 Å². The highest BCUT2D eigenvalue weighted by Crippen LogP contribution is 2.41. The first-order chi connectivity index (χ1) is 13.3. The summed E-state index contributed by atoms with van der Waals surface area (Å²) in [7, 11) is -3.90. The Morgan fingerprint density at radius 3 is 2.38 bits per heavy atom. The van der Waals surface area contributed by atoms with E-state index in [9.17, 15) is 26.7 Å². The number of nitrogens with zero attached hydrogens (tertiary/aromatic N) is 2. The lowest BCUT2D eigenvalue weighted by Crippen LogP contribution is -2.39. The van der Waals surface area contributed by atoms with E-state index in [0.717, 1.165) is 35.9 Å². The van der Waals surface area contributed by atoms with E-state index in [2.05, 4.69) is 9.97 Å². The Balaban J connectivity index is 1.98. The van der Waals surface area contributed by atoms with Gasteiger partial charge in [0, 0.05) is 11.8 Å². The molecular weight excluding hydrogens is 451 g/mol. The lowest BCUT2D eigenvalue weighted by atomic mass is 9.94. The van der Waals surface area contributed by atoms with Gasteiger partial charge in [-0.15, -0.1) is 11.3 Å². The van der Waals surface area contributed by atoms with Gasteiger partial charge in [0.15, 0.2) is 5.60 Å². The Bertz CT molecular complexity index is 1160. The quantitative estimate of drug-likeness (QED) is 0.604. The average Bonchev–Trinajstić information content (AvgIpc) is 3.11. The van der Waals surface area contributed by atoms with Crippen molar-refractivity contribution in [3.8, 4) is 10.6 Å². The number of hydrogen-bond donors (Lipinski definition) is 2. The van der Waals surface area contributed by atoms with E-state index in [1.54, 1.807) is 0 Å². The monoisotopic (exact) mass is 463 g/mol. The van der Waals surface area contributed by atoms with Crippen LogP contribution in [0.15, 0.2) is 51.8 Å². The molecule has 3 rings (SSSR count). The summed E-state index contributed by atoms with van der Waals surface area (Å²) in [6.07, 6.45) is -2.65. The minimum Gasteiger partial charge on any atom is -0.384 e. The molecule has 0 fully saturated rings. The predicted molar refractivity (Wildman–Crippen MR) is 102 cm³/mol. The molecule has 0 saturated heterocycles. The third kappa shape index (κ3) is 3.95. The third-order valence-electron chi connectivity index (χ3n) is 4.13. The van der Waals surface area contributed by atoms with Crippen molar-refractivity contribution in [1.82, 2.24) is 9.97 Å². The van der Waals surface area contributed by atoms with Crippen LogP contribution in [0.3, 0.4) is 0 Å². The standard InChI is InChI=1S/C17H13ClF3N3O3S2/c1-16(25,17(19,20)21)9-2-4-11(12(18)6-9)15-24-8-14(28-15)29(26,27)10-3-5-13(22)23-7-10/h2-8,25H,1H3,(H2,22,23)/t16-/m0/s1. The molecule has 29 heavy (non-hydrogen) atoms. The van der Waals surface area contributed by atoms with Gasteiger partial charge < -0.3 is 10.8 Å². The minimum absolute atomic E-state index is 0.0791. The second kappa shape index (κ2) is 7.24. The number of alkyl halides is 3. The van der Waals surface area contributed by atoms with Crippen molar-refractivity contribution in [2.24, 2.45) is 0 Å². The fourth-order valence-corrected chi connectivity index (χ4v) is 5.17. The van der Waals surface area contributed by atoms with E-state index in [-0.39, 0.29) is 30.5 Å². The molecule has 3 aromatic rings. The topological polar surface area (TPSA) is 106 Å². The van der Waals surface area contributed by atoms with Gasteiger partial charge in [-0.05, 0) is 30.7 Å². The average molecular weight is 464 g/mol. The van der Waals surface area contributed by atoms with E-state index in [4.69, 9.17) is 17.3 Å². The minimum atomic E-state index is -4.90. The van der Waals surface area contributed by atoms with Crippen LogP contribution in [-0.4, -0.2) is 29.7 Å². The normalized spacial score (nSPS) is 14.6. The van der Waals surface area contributed by atoms with Gasteiger partial charge in [0.25, 0.3) is 0 Å². The van der Waals surface area contributed by atoms with Gasteiger partial charge in [0.2, 0.25) is 9.84 Å². The first-order valence-corrected chi connectivity index (χ1v) is 10.5. The maximum atomic E-state index is 13.0. The number of nitrogens with two attached hydrogens (primary N) is 1. The van der Waals surface area contributed by atoms with Crippen LogP contribution in [-0.2, 0) is 15.4 Å². The molecule has 0 aliphatic carbocycles. The van der Waals surface area contributed by atoms with Crippen LogP contribution >= 0.6 is 22.9 Å². The van der Waals surface area contributed by atoms with Crippen LogP contribution < -0.4 is 5.73 Å². The molecule has 0 radical (unpaired) electrons. The molecule has 2 aromatic heterocycles. The number of aliphatic hydroxyl groups is 1. The van der Waals surface area contributed by atoms with Gasteiger partial charge in [0.05, 0.1) is 16.1 Å². The van der Waals surface area contributed by atoms with Crippen molar-refractivity contribution in [3.63, 3.8) is 0 Å². The molecule has 1 atom stereocenters. The largest absolute Gasteiger partial charge is 0.421 e. The fraction of sp³-hybridized carbons (Fsp3) is 0.176. The van der Waals surface area contributed by atoms with E-state index < -0.39 is 27.2 Å². The van der Waals surface area contributed by atoms with Gasteiger partial charge in [-0.2, -0.15) is 13.2 Å². The van der Waals surface area contributed by atoms with Crippen molar-refractivity contribution in [2.45, 2.75) is 27.8 Å². The summed E-state index contributed by atoms with van der Waals surface area (Å²) in [5.74, 6) is 0.163. The van der Waals surface area contributed by atoms with E-state index in [0.29, 0.717) is 6.92 Å². The van der Waals surface area contributed by atoms with Crippen LogP contribution in [0, 0.1) is 0 Å².